The van der Waals surface area contributed by atoms with Crippen LogP contribution in [0.2, 0.25) is 5.28 Å². The first-order valence-corrected chi connectivity index (χ1v) is 7.27. The van der Waals surface area contributed by atoms with Crippen LogP contribution >= 0.6 is 11.6 Å². The van der Waals surface area contributed by atoms with E-state index in [1.54, 1.807) is 0 Å². The van der Waals surface area contributed by atoms with E-state index in [2.05, 4.69) is 39.1 Å². The van der Waals surface area contributed by atoms with Crippen LogP contribution in [0.25, 0.3) is 0 Å². The second-order valence-electron chi connectivity index (χ2n) is 6.09. The van der Waals surface area contributed by atoms with Gasteiger partial charge in [0.2, 0.25) is 17.2 Å². The monoisotopic (exact) mass is 298 g/mol. The quantitative estimate of drug-likeness (QED) is 0.914. The van der Waals surface area contributed by atoms with Crippen molar-refractivity contribution in [3.63, 3.8) is 0 Å². The Kier molecular flexibility index (Phi) is 4.65. The number of likely N-dealkylation sites (tertiary alicyclic amines) is 1. The molecule has 20 heavy (non-hydrogen) atoms. The molecular weight excluding hydrogens is 276 g/mol. The lowest BCUT2D eigenvalue weighted by atomic mass is 9.80. The molecule has 1 saturated heterocycles. The van der Waals surface area contributed by atoms with Gasteiger partial charge in [0, 0.05) is 20.6 Å². The van der Waals surface area contributed by atoms with E-state index in [0.717, 1.165) is 19.6 Å². The molecule has 6 nitrogen and oxygen atoms in total. The molecule has 0 bridgehead atoms. The summed E-state index contributed by atoms with van der Waals surface area (Å²) in [6.07, 6.45) is 2.35. The van der Waals surface area contributed by atoms with Crippen molar-refractivity contribution < 1.29 is 0 Å². The van der Waals surface area contributed by atoms with Gasteiger partial charge in [0.1, 0.15) is 0 Å². The topological polar surface area (TPSA) is 57.2 Å². The second kappa shape index (κ2) is 6.10. The van der Waals surface area contributed by atoms with E-state index in [4.69, 9.17) is 11.6 Å². The number of halogens is 1. The SMILES string of the molecule is CN1CCC(C)(CNc2nc(Cl)nc(N(C)C)n2)CC1. The second-order valence-corrected chi connectivity index (χ2v) is 6.43. The van der Waals surface area contributed by atoms with Crippen LogP contribution in [0.3, 0.4) is 0 Å². The first-order valence-electron chi connectivity index (χ1n) is 6.89. The highest BCUT2D eigenvalue weighted by Gasteiger charge is 2.28. The van der Waals surface area contributed by atoms with Crippen LogP contribution in [0, 0.1) is 5.41 Å². The fraction of sp³-hybridized carbons (Fsp3) is 0.769. The van der Waals surface area contributed by atoms with Crippen LogP contribution in [-0.4, -0.2) is 60.6 Å². The van der Waals surface area contributed by atoms with E-state index in [0.29, 0.717) is 11.9 Å². The van der Waals surface area contributed by atoms with Gasteiger partial charge in [-0.15, -0.1) is 0 Å². The number of rotatable bonds is 4. The largest absolute Gasteiger partial charge is 0.353 e. The van der Waals surface area contributed by atoms with Crippen LogP contribution in [0.15, 0.2) is 0 Å². The van der Waals surface area contributed by atoms with Gasteiger partial charge >= 0.3 is 0 Å². The predicted octanol–water partition coefficient (Wildman–Crippen LogP) is 1.73. The average Bonchev–Trinajstić information content (AvgIpc) is 2.40. The van der Waals surface area contributed by atoms with E-state index in [1.807, 2.05) is 19.0 Å². The Hall–Kier alpha value is -1.14. The molecule has 0 aliphatic carbocycles. The van der Waals surface area contributed by atoms with Crippen molar-refractivity contribution in [2.75, 3.05) is 51.0 Å². The van der Waals surface area contributed by atoms with Crippen LogP contribution in [0.4, 0.5) is 11.9 Å². The smallest absolute Gasteiger partial charge is 0.230 e. The van der Waals surface area contributed by atoms with Crippen molar-refractivity contribution in [3.05, 3.63) is 5.28 Å². The number of hydrogen-bond acceptors (Lipinski definition) is 6. The third-order valence-electron chi connectivity index (χ3n) is 3.86. The molecule has 7 heteroatoms. The number of nitrogens with one attached hydrogen (secondary N) is 1. The van der Waals surface area contributed by atoms with Crippen LogP contribution in [0.5, 0.6) is 0 Å². The Morgan fingerprint density at radius 2 is 1.90 bits per heavy atom. The van der Waals surface area contributed by atoms with Gasteiger partial charge in [-0.1, -0.05) is 6.92 Å². The van der Waals surface area contributed by atoms with Gasteiger partial charge in [0.25, 0.3) is 0 Å². The zero-order valence-electron chi connectivity index (χ0n) is 12.6. The maximum Gasteiger partial charge on any atom is 0.230 e. The minimum atomic E-state index is 0.222. The summed E-state index contributed by atoms with van der Waals surface area (Å²) in [6.45, 7) is 5.44. The molecule has 2 rings (SSSR count). The highest BCUT2D eigenvalue weighted by atomic mass is 35.5. The van der Waals surface area contributed by atoms with Gasteiger partial charge in [0.15, 0.2) is 0 Å². The minimum Gasteiger partial charge on any atom is -0.353 e. The van der Waals surface area contributed by atoms with Crippen LogP contribution in [-0.2, 0) is 0 Å². The number of anilines is 2. The van der Waals surface area contributed by atoms with Gasteiger partial charge < -0.3 is 15.1 Å². The summed E-state index contributed by atoms with van der Waals surface area (Å²) in [6, 6.07) is 0. The standard InChI is InChI=1S/C13H23ClN6/c1-13(5-7-20(4)8-6-13)9-15-11-16-10(14)17-12(18-11)19(2)3/h5-9H2,1-4H3,(H,15,16,17,18). The lowest BCUT2D eigenvalue weighted by Crippen LogP contribution is -2.40. The fourth-order valence-electron chi connectivity index (χ4n) is 2.25. The molecule has 1 N–H and O–H groups in total. The molecule has 0 saturated carbocycles. The molecule has 0 spiro atoms. The zero-order chi connectivity index (χ0) is 14.8. The average molecular weight is 299 g/mol. The highest BCUT2D eigenvalue weighted by Crippen LogP contribution is 2.30. The van der Waals surface area contributed by atoms with Crippen molar-refractivity contribution >= 4 is 23.5 Å². The van der Waals surface area contributed by atoms with Crippen LogP contribution in [0.1, 0.15) is 19.8 Å². The van der Waals surface area contributed by atoms with Gasteiger partial charge in [-0.3, -0.25) is 0 Å². The lowest BCUT2D eigenvalue weighted by Gasteiger charge is -2.37. The molecule has 1 fully saturated rings. The summed E-state index contributed by atoms with van der Waals surface area (Å²) in [7, 11) is 5.93. The Morgan fingerprint density at radius 1 is 1.25 bits per heavy atom. The maximum atomic E-state index is 5.93. The van der Waals surface area contributed by atoms with Crippen molar-refractivity contribution in [1.82, 2.24) is 19.9 Å². The van der Waals surface area contributed by atoms with Crippen molar-refractivity contribution in [3.8, 4) is 0 Å². The summed E-state index contributed by atoms with van der Waals surface area (Å²) in [5.41, 5.74) is 0.282. The number of piperidine rings is 1. The zero-order valence-corrected chi connectivity index (χ0v) is 13.4. The Labute approximate surface area is 125 Å². The van der Waals surface area contributed by atoms with E-state index in [-0.39, 0.29) is 10.7 Å². The number of aromatic nitrogens is 3. The van der Waals surface area contributed by atoms with Gasteiger partial charge in [0.05, 0.1) is 0 Å². The first kappa shape index (κ1) is 15.3. The summed E-state index contributed by atoms with van der Waals surface area (Å²) in [5, 5.41) is 3.54. The third kappa shape index (κ3) is 3.93. The summed E-state index contributed by atoms with van der Waals surface area (Å²) >= 11 is 5.93. The minimum absolute atomic E-state index is 0.222. The number of hydrogen-bond donors (Lipinski definition) is 1. The molecule has 1 aliphatic heterocycles. The summed E-state index contributed by atoms with van der Waals surface area (Å²) < 4.78 is 0. The number of nitrogens with zero attached hydrogens (tertiary/aromatic N) is 5. The highest BCUT2D eigenvalue weighted by molar-refractivity contribution is 6.28. The molecule has 1 aromatic heterocycles. The van der Waals surface area contributed by atoms with Gasteiger partial charge in [-0.05, 0) is 50.0 Å². The molecule has 112 valence electrons. The Bertz CT molecular complexity index is 456. The predicted molar refractivity (Wildman–Crippen MR) is 82.5 cm³/mol. The van der Waals surface area contributed by atoms with E-state index < -0.39 is 0 Å². The van der Waals surface area contributed by atoms with Crippen molar-refractivity contribution in [1.29, 1.82) is 0 Å². The maximum absolute atomic E-state index is 5.93. The van der Waals surface area contributed by atoms with Crippen molar-refractivity contribution in [2.24, 2.45) is 5.41 Å². The normalized spacial score (nSPS) is 18.9. The van der Waals surface area contributed by atoms with E-state index >= 15 is 0 Å². The Balaban J connectivity index is 2.00. The molecule has 0 radical (unpaired) electrons. The molecule has 1 aromatic rings. The molecule has 1 aliphatic rings. The summed E-state index contributed by atoms with van der Waals surface area (Å²) in [4.78, 5) is 16.8. The van der Waals surface area contributed by atoms with E-state index in [1.165, 1.54) is 12.8 Å². The fourth-order valence-corrected chi connectivity index (χ4v) is 2.40. The molecule has 0 atom stereocenters. The first-order chi connectivity index (χ1) is 9.38. The molecule has 2 heterocycles. The van der Waals surface area contributed by atoms with Gasteiger partial charge in [-0.25, -0.2) is 0 Å². The van der Waals surface area contributed by atoms with Crippen molar-refractivity contribution in [2.45, 2.75) is 19.8 Å². The lowest BCUT2D eigenvalue weighted by molar-refractivity contribution is 0.150. The third-order valence-corrected chi connectivity index (χ3v) is 4.03. The molecule has 0 amide bonds. The molecule has 0 aromatic carbocycles. The van der Waals surface area contributed by atoms with Crippen LogP contribution < -0.4 is 10.2 Å². The molecule has 0 unspecified atom stereocenters. The molecular formula is C13H23ClN6. The van der Waals surface area contributed by atoms with Gasteiger partial charge in [-0.2, -0.15) is 15.0 Å². The van der Waals surface area contributed by atoms with E-state index in [9.17, 15) is 0 Å². The summed E-state index contributed by atoms with van der Waals surface area (Å²) in [5.74, 6) is 1.12. The Morgan fingerprint density at radius 3 is 2.50 bits per heavy atom.